The van der Waals surface area contributed by atoms with E-state index in [1.165, 1.54) is 0 Å². The predicted octanol–water partition coefficient (Wildman–Crippen LogP) is 4.37. The van der Waals surface area contributed by atoms with Crippen LogP contribution in [-0.4, -0.2) is 83.0 Å². The van der Waals surface area contributed by atoms with Crippen LogP contribution >= 0.6 is 0 Å². The summed E-state index contributed by atoms with van der Waals surface area (Å²) in [6.45, 7) is 11.7. The Morgan fingerprint density at radius 2 is 2.08 bits per heavy atom. The van der Waals surface area contributed by atoms with Crippen LogP contribution in [0.5, 0.6) is 5.75 Å². The predicted molar refractivity (Wildman–Crippen MR) is 158 cm³/mol. The zero-order valence-electron chi connectivity index (χ0n) is 24.1. The molecule has 0 bridgehead atoms. The fourth-order valence-corrected chi connectivity index (χ4v) is 4.46. The molecule has 0 saturated carbocycles. The van der Waals surface area contributed by atoms with Gasteiger partial charge in [-0.3, -0.25) is 9.78 Å². The summed E-state index contributed by atoms with van der Waals surface area (Å²) in [6, 6.07) is 1.83. The molecule has 2 aromatic heterocycles. The lowest BCUT2D eigenvalue weighted by Gasteiger charge is -2.33. The molecule has 218 valence electrons. The van der Waals surface area contributed by atoms with Gasteiger partial charge >= 0.3 is 0 Å². The van der Waals surface area contributed by atoms with Crippen LogP contribution in [0.4, 0.5) is 11.5 Å². The van der Waals surface area contributed by atoms with Gasteiger partial charge in [0.1, 0.15) is 0 Å². The maximum absolute atomic E-state index is 13.3. The van der Waals surface area contributed by atoms with Crippen molar-refractivity contribution in [2.75, 3.05) is 45.3 Å². The van der Waals surface area contributed by atoms with Crippen LogP contribution in [0.2, 0.25) is 0 Å². The van der Waals surface area contributed by atoms with Crippen molar-refractivity contribution in [1.29, 1.82) is 0 Å². The number of aromatic nitrogens is 3. The van der Waals surface area contributed by atoms with E-state index in [9.17, 15) is 9.90 Å². The topological polar surface area (TPSA) is 122 Å². The first kappa shape index (κ1) is 31.2. The van der Waals surface area contributed by atoms with E-state index in [4.69, 9.17) is 9.47 Å². The molecule has 0 aromatic carbocycles. The number of aliphatic hydroxyl groups is 1. The van der Waals surface area contributed by atoms with Crippen molar-refractivity contribution >= 4 is 23.5 Å². The van der Waals surface area contributed by atoms with Crippen LogP contribution in [0.3, 0.4) is 0 Å². The molecule has 3 N–H and O–H groups in total. The van der Waals surface area contributed by atoms with Crippen molar-refractivity contribution in [3.63, 3.8) is 0 Å². The van der Waals surface area contributed by atoms with Crippen molar-refractivity contribution < 1.29 is 19.4 Å². The molecule has 10 nitrogen and oxygen atoms in total. The van der Waals surface area contributed by atoms with E-state index in [1.54, 1.807) is 37.8 Å². The lowest BCUT2D eigenvalue weighted by atomic mass is 10.0. The highest BCUT2D eigenvalue weighted by Crippen LogP contribution is 2.27. The molecule has 40 heavy (non-hydrogen) atoms. The van der Waals surface area contributed by atoms with Gasteiger partial charge in [-0.2, -0.15) is 0 Å². The number of carbonyl (C=O) groups excluding carboxylic acids is 1. The maximum atomic E-state index is 13.3. The monoisotopic (exact) mass is 552 g/mol. The fourth-order valence-electron chi connectivity index (χ4n) is 4.46. The highest BCUT2D eigenvalue weighted by molar-refractivity contribution is 6.00. The molecule has 1 fully saturated rings. The summed E-state index contributed by atoms with van der Waals surface area (Å²) < 4.78 is 11.3. The molecule has 0 aliphatic carbocycles. The van der Waals surface area contributed by atoms with Gasteiger partial charge in [-0.15, -0.1) is 0 Å². The van der Waals surface area contributed by atoms with Crippen molar-refractivity contribution in [3.05, 3.63) is 54.3 Å². The summed E-state index contributed by atoms with van der Waals surface area (Å²) >= 11 is 0. The smallest absolute Gasteiger partial charge is 0.255 e. The molecule has 2 aromatic rings. The molecule has 3 rings (SSSR count). The third kappa shape index (κ3) is 9.69. The van der Waals surface area contributed by atoms with Crippen LogP contribution in [0, 0.1) is 0 Å². The number of rotatable bonds is 16. The average molecular weight is 553 g/mol. The standard InChI is InChI=1S/C30H44N6O4/c1-5-19-40-24(13-18-37)12-17-36-15-10-23(11-16-36)33-30(38)25-20-31-14-9-26(25)34-29-27(39-4)21-32-28(35-29)8-7-22(3)6-2/h7-9,14,20-21,23-24,37H,3,5-6,10-13,15-19H2,1-2,4H3,(H,33,38)(H,31,32,34,35)/b8-7+. The number of nitrogens with zero attached hydrogens (tertiary/aromatic N) is 4. The van der Waals surface area contributed by atoms with Gasteiger partial charge in [-0.05, 0) is 50.7 Å². The fraction of sp³-hybridized carbons (Fsp3) is 0.533. The lowest BCUT2D eigenvalue weighted by molar-refractivity contribution is 0.0223. The number of hydrogen-bond donors (Lipinski definition) is 3. The minimum absolute atomic E-state index is 0.0818. The highest BCUT2D eigenvalue weighted by atomic mass is 16.5. The van der Waals surface area contributed by atoms with E-state index in [0.29, 0.717) is 35.1 Å². The van der Waals surface area contributed by atoms with Gasteiger partial charge in [0.2, 0.25) is 0 Å². The number of likely N-dealkylation sites (tertiary alicyclic amines) is 1. The Morgan fingerprint density at radius 1 is 1.27 bits per heavy atom. The third-order valence-corrected chi connectivity index (χ3v) is 6.93. The van der Waals surface area contributed by atoms with Crippen molar-refractivity contribution in [2.24, 2.45) is 0 Å². The highest BCUT2D eigenvalue weighted by Gasteiger charge is 2.23. The molecule has 1 aliphatic rings. The van der Waals surface area contributed by atoms with Gasteiger partial charge in [-0.25, -0.2) is 9.97 Å². The molecule has 1 unspecified atom stereocenters. The van der Waals surface area contributed by atoms with Crippen LogP contribution in [0.1, 0.15) is 68.6 Å². The first-order valence-corrected chi connectivity index (χ1v) is 14.2. The van der Waals surface area contributed by atoms with Gasteiger partial charge in [0.25, 0.3) is 5.91 Å². The molecule has 1 saturated heterocycles. The molecule has 1 amide bonds. The van der Waals surface area contributed by atoms with E-state index in [1.807, 2.05) is 13.0 Å². The minimum atomic E-state index is -0.183. The normalized spacial score (nSPS) is 15.2. The summed E-state index contributed by atoms with van der Waals surface area (Å²) in [5.41, 5.74) is 1.98. The van der Waals surface area contributed by atoms with Gasteiger partial charge in [0.05, 0.1) is 30.7 Å². The summed E-state index contributed by atoms with van der Waals surface area (Å²) in [6.07, 6.45) is 13.7. The lowest BCUT2D eigenvalue weighted by Crippen LogP contribution is -2.45. The second-order valence-electron chi connectivity index (χ2n) is 9.92. The Balaban J connectivity index is 1.59. The summed E-state index contributed by atoms with van der Waals surface area (Å²) in [4.78, 5) is 28.8. The Hall–Kier alpha value is -3.34. The van der Waals surface area contributed by atoms with Gasteiger partial charge < -0.3 is 30.1 Å². The SMILES string of the molecule is C=C(/C=C/c1ncc(OC)c(Nc2ccncc2C(=O)NC2CCN(CCC(CCO)OCCC)CC2)n1)CC. The largest absolute Gasteiger partial charge is 0.491 e. The Bertz CT molecular complexity index is 1120. The molecule has 0 spiro atoms. The van der Waals surface area contributed by atoms with Crippen molar-refractivity contribution in [1.82, 2.24) is 25.2 Å². The summed E-state index contributed by atoms with van der Waals surface area (Å²) in [5, 5.41) is 15.7. The summed E-state index contributed by atoms with van der Waals surface area (Å²) in [5.74, 6) is 1.24. The van der Waals surface area contributed by atoms with Crippen LogP contribution in [0.25, 0.3) is 6.08 Å². The van der Waals surface area contributed by atoms with Gasteiger partial charge in [0, 0.05) is 51.3 Å². The molecular formula is C30H44N6O4. The average Bonchev–Trinajstić information content (AvgIpc) is 2.98. The van der Waals surface area contributed by atoms with Gasteiger partial charge in [-0.1, -0.05) is 32.1 Å². The number of aliphatic hydroxyl groups excluding tert-OH is 1. The number of amides is 1. The Morgan fingerprint density at radius 3 is 2.77 bits per heavy atom. The van der Waals surface area contributed by atoms with Crippen LogP contribution < -0.4 is 15.4 Å². The molecule has 10 heteroatoms. The first-order valence-electron chi connectivity index (χ1n) is 14.2. The second-order valence-corrected chi connectivity index (χ2v) is 9.92. The zero-order valence-corrected chi connectivity index (χ0v) is 24.1. The van der Waals surface area contributed by atoms with E-state index < -0.39 is 0 Å². The first-order chi connectivity index (χ1) is 19.5. The quantitative estimate of drug-likeness (QED) is 0.261. The van der Waals surface area contributed by atoms with Crippen LogP contribution in [0.15, 0.2) is 42.9 Å². The van der Waals surface area contributed by atoms with Crippen molar-refractivity contribution in [2.45, 2.75) is 64.5 Å². The Labute approximate surface area is 237 Å². The Kier molecular flexibility index (Phi) is 13.0. The maximum Gasteiger partial charge on any atom is 0.255 e. The molecular weight excluding hydrogens is 508 g/mol. The summed E-state index contributed by atoms with van der Waals surface area (Å²) in [7, 11) is 1.55. The number of nitrogens with one attached hydrogen (secondary N) is 2. The number of methoxy groups -OCH3 is 1. The number of carbonyl (C=O) groups is 1. The number of anilines is 2. The van der Waals surface area contributed by atoms with Crippen LogP contribution in [-0.2, 0) is 4.74 Å². The van der Waals surface area contributed by atoms with E-state index in [2.05, 4.69) is 44.0 Å². The minimum Gasteiger partial charge on any atom is -0.491 e. The zero-order chi connectivity index (χ0) is 28.7. The molecule has 3 heterocycles. The van der Waals surface area contributed by atoms with E-state index in [-0.39, 0.29) is 24.7 Å². The second kappa shape index (κ2) is 16.7. The number of piperidine rings is 1. The molecule has 1 aliphatic heterocycles. The number of ether oxygens (including phenoxy) is 2. The van der Waals surface area contributed by atoms with Gasteiger partial charge in [0.15, 0.2) is 17.4 Å². The third-order valence-electron chi connectivity index (χ3n) is 6.93. The molecule has 0 radical (unpaired) electrons. The number of allylic oxidation sites excluding steroid dienone is 2. The number of pyridine rings is 1. The number of hydrogen-bond acceptors (Lipinski definition) is 9. The van der Waals surface area contributed by atoms with E-state index in [0.717, 1.165) is 63.9 Å². The van der Waals surface area contributed by atoms with E-state index >= 15 is 0 Å². The van der Waals surface area contributed by atoms with Crippen molar-refractivity contribution in [3.8, 4) is 5.75 Å². The molecule has 1 atom stereocenters.